The summed E-state index contributed by atoms with van der Waals surface area (Å²) < 4.78 is 5.10. The summed E-state index contributed by atoms with van der Waals surface area (Å²) in [5.41, 5.74) is 2.98. The van der Waals surface area contributed by atoms with E-state index in [0.717, 1.165) is 12.8 Å². The highest BCUT2D eigenvalue weighted by atomic mass is 16.5. The number of nitrogens with one attached hydrogen (secondary N) is 1. The van der Waals surface area contributed by atoms with Crippen LogP contribution in [0.25, 0.3) is 0 Å². The van der Waals surface area contributed by atoms with Crippen LogP contribution in [-0.4, -0.2) is 24.7 Å². The van der Waals surface area contributed by atoms with E-state index < -0.39 is 12.0 Å². The normalized spacial score (nSPS) is 11.8. The molecule has 1 atom stereocenters. The molecule has 2 N–H and O–H groups in total. The van der Waals surface area contributed by atoms with Gasteiger partial charge < -0.3 is 15.2 Å². The molecule has 0 bridgehead atoms. The minimum absolute atomic E-state index is 0.400. The molecule has 0 aliphatic carbocycles. The molecule has 23 heavy (non-hydrogen) atoms. The zero-order chi connectivity index (χ0) is 16.7. The largest absolute Gasteiger partial charge is 0.497 e. The molecule has 2 aromatic carbocycles. The van der Waals surface area contributed by atoms with Crippen LogP contribution in [0.1, 0.15) is 29.7 Å². The summed E-state index contributed by atoms with van der Waals surface area (Å²) in [5, 5.41) is 12.9. The van der Waals surface area contributed by atoms with Crippen molar-refractivity contribution in [3.63, 3.8) is 0 Å². The lowest BCUT2D eigenvalue weighted by molar-refractivity contribution is -0.129. The smallest absolute Gasteiger partial charge is 0.253 e. The van der Waals surface area contributed by atoms with Gasteiger partial charge in [0.2, 0.25) is 0 Å². The Kier molecular flexibility index (Phi) is 6.18. The molecule has 0 radical (unpaired) electrons. The molecular weight excluding hydrogens is 290 g/mol. The van der Waals surface area contributed by atoms with Gasteiger partial charge in [-0.2, -0.15) is 0 Å². The average molecular weight is 313 g/mol. The SMILES string of the molecule is CCc1ccc(CCNC(=O)C(O)c2cccc(OC)c2)cc1. The van der Waals surface area contributed by atoms with Crippen molar-refractivity contribution < 1.29 is 14.6 Å². The minimum Gasteiger partial charge on any atom is -0.497 e. The van der Waals surface area contributed by atoms with Crippen molar-refractivity contribution in [2.75, 3.05) is 13.7 Å². The molecule has 4 nitrogen and oxygen atoms in total. The minimum atomic E-state index is -1.19. The fourth-order valence-electron chi connectivity index (χ4n) is 2.33. The van der Waals surface area contributed by atoms with Gasteiger partial charge in [0, 0.05) is 6.54 Å². The number of methoxy groups -OCH3 is 1. The molecule has 1 unspecified atom stereocenters. The third kappa shape index (κ3) is 4.83. The number of hydrogen-bond donors (Lipinski definition) is 2. The average Bonchev–Trinajstić information content (AvgIpc) is 2.61. The van der Waals surface area contributed by atoms with Crippen LogP contribution in [0.2, 0.25) is 0 Å². The summed E-state index contributed by atoms with van der Waals surface area (Å²) in [7, 11) is 1.55. The summed E-state index contributed by atoms with van der Waals surface area (Å²) >= 11 is 0. The first-order valence-corrected chi connectivity index (χ1v) is 7.81. The van der Waals surface area contributed by atoms with E-state index >= 15 is 0 Å². The summed E-state index contributed by atoms with van der Waals surface area (Å²) in [6, 6.07) is 15.2. The molecule has 0 saturated carbocycles. The highest BCUT2D eigenvalue weighted by Crippen LogP contribution is 2.19. The fraction of sp³-hybridized carbons (Fsp3) is 0.316. The Bertz CT molecular complexity index is 637. The molecular formula is C19H23NO3. The van der Waals surface area contributed by atoms with Crippen molar-refractivity contribution in [2.24, 2.45) is 0 Å². The second-order valence-corrected chi connectivity index (χ2v) is 5.39. The number of carbonyl (C=O) groups is 1. The number of benzene rings is 2. The molecule has 4 heteroatoms. The first-order chi connectivity index (χ1) is 11.1. The van der Waals surface area contributed by atoms with E-state index in [9.17, 15) is 9.90 Å². The van der Waals surface area contributed by atoms with Crippen LogP contribution in [-0.2, 0) is 17.6 Å². The van der Waals surface area contributed by atoms with E-state index in [0.29, 0.717) is 17.9 Å². The van der Waals surface area contributed by atoms with Crippen LogP contribution >= 0.6 is 0 Å². The summed E-state index contributed by atoms with van der Waals surface area (Å²) in [4.78, 5) is 12.0. The molecule has 0 aliphatic rings. The number of carbonyl (C=O) groups excluding carboxylic acids is 1. The Morgan fingerprint density at radius 3 is 2.52 bits per heavy atom. The lowest BCUT2D eigenvalue weighted by Crippen LogP contribution is -2.31. The van der Waals surface area contributed by atoms with Gasteiger partial charge in [-0.05, 0) is 41.7 Å². The molecule has 0 spiro atoms. The van der Waals surface area contributed by atoms with Gasteiger partial charge in [0.1, 0.15) is 5.75 Å². The van der Waals surface area contributed by atoms with Gasteiger partial charge in [0.05, 0.1) is 7.11 Å². The van der Waals surface area contributed by atoms with Gasteiger partial charge in [-0.3, -0.25) is 4.79 Å². The molecule has 0 saturated heterocycles. The second-order valence-electron chi connectivity index (χ2n) is 5.39. The van der Waals surface area contributed by atoms with Crippen molar-refractivity contribution in [2.45, 2.75) is 25.9 Å². The van der Waals surface area contributed by atoms with Gasteiger partial charge >= 0.3 is 0 Å². The van der Waals surface area contributed by atoms with Crippen molar-refractivity contribution in [3.05, 3.63) is 65.2 Å². The lowest BCUT2D eigenvalue weighted by atomic mass is 10.1. The van der Waals surface area contributed by atoms with Gasteiger partial charge in [-0.1, -0.05) is 43.3 Å². The molecule has 1 amide bonds. The first kappa shape index (κ1) is 17.0. The Hall–Kier alpha value is -2.33. The van der Waals surface area contributed by atoms with Crippen molar-refractivity contribution in [1.29, 1.82) is 0 Å². The molecule has 0 heterocycles. The monoisotopic (exact) mass is 313 g/mol. The molecule has 2 aromatic rings. The Morgan fingerprint density at radius 1 is 1.17 bits per heavy atom. The number of ether oxygens (including phenoxy) is 1. The highest BCUT2D eigenvalue weighted by molar-refractivity contribution is 5.82. The zero-order valence-electron chi connectivity index (χ0n) is 13.6. The van der Waals surface area contributed by atoms with E-state index in [1.54, 1.807) is 31.4 Å². The predicted molar refractivity (Wildman–Crippen MR) is 90.5 cm³/mol. The van der Waals surface area contributed by atoms with Gasteiger partial charge in [-0.25, -0.2) is 0 Å². The Balaban J connectivity index is 1.85. The van der Waals surface area contributed by atoms with Crippen LogP contribution in [0.4, 0.5) is 0 Å². The number of aliphatic hydroxyl groups excluding tert-OH is 1. The van der Waals surface area contributed by atoms with Crippen LogP contribution in [0.5, 0.6) is 5.75 Å². The highest BCUT2D eigenvalue weighted by Gasteiger charge is 2.17. The second kappa shape index (κ2) is 8.34. The van der Waals surface area contributed by atoms with Crippen LogP contribution < -0.4 is 10.1 Å². The summed E-state index contributed by atoms with van der Waals surface area (Å²) in [6.45, 7) is 2.61. The fourth-order valence-corrected chi connectivity index (χ4v) is 2.33. The van der Waals surface area contributed by atoms with Gasteiger partial charge in [-0.15, -0.1) is 0 Å². The van der Waals surface area contributed by atoms with E-state index in [2.05, 4.69) is 36.5 Å². The van der Waals surface area contributed by atoms with Crippen LogP contribution in [0.3, 0.4) is 0 Å². The third-order valence-corrected chi connectivity index (χ3v) is 3.80. The summed E-state index contributed by atoms with van der Waals surface area (Å²) in [6.07, 6.45) is 0.567. The number of amides is 1. The zero-order valence-corrected chi connectivity index (χ0v) is 13.6. The molecule has 2 rings (SSSR count). The van der Waals surface area contributed by atoms with E-state index in [1.807, 2.05) is 0 Å². The maximum Gasteiger partial charge on any atom is 0.253 e. The van der Waals surface area contributed by atoms with Crippen molar-refractivity contribution >= 4 is 5.91 Å². The maximum absolute atomic E-state index is 12.0. The standard InChI is InChI=1S/C19H23NO3/c1-3-14-7-9-15(10-8-14)11-12-20-19(22)18(21)16-5-4-6-17(13-16)23-2/h4-10,13,18,21H,3,11-12H2,1-2H3,(H,20,22). The van der Waals surface area contributed by atoms with E-state index in [1.165, 1.54) is 11.1 Å². The Morgan fingerprint density at radius 2 is 1.87 bits per heavy atom. The molecule has 0 aliphatic heterocycles. The molecule has 122 valence electrons. The number of rotatable bonds is 7. The van der Waals surface area contributed by atoms with Gasteiger partial charge in [0.15, 0.2) is 6.10 Å². The quantitative estimate of drug-likeness (QED) is 0.826. The van der Waals surface area contributed by atoms with Gasteiger partial charge in [0.25, 0.3) is 5.91 Å². The number of hydrogen-bond acceptors (Lipinski definition) is 3. The number of aliphatic hydroxyl groups is 1. The van der Waals surface area contributed by atoms with E-state index in [-0.39, 0.29) is 0 Å². The summed E-state index contributed by atoms with van der Waals surface area (Å²) in [5.74, 6) is 0.216. The molecule has 0 fully saturated rings. The first-order valence-electron chi connectivity index (χ1n) is 7.81. The van der Waals surface area contributed by atoms with Crippen molar-refractivity contribution in [1.82, 2.24) is 5.32 Å². The van der Waals surface area contributed by atoms with E-state index in [4.69, 9.17) is 4.74 Å². The maximum atomic E-state index is 12.0. The van der Waals surface area contributed by atoms with Crippen LogP contribution in [0, 0.1) is 0 Å². The van der Waals surface area contributed by atoms with Crippen molar-refractivity contribution in [3.8, 4) is 5.75 Å². The number of aryl methyl sites for hydroxylation is 1. The Labute approximate surface area is 137 Å². The topological polar surface area (TPSA) is 58.6 Å². The predicted octanol–water partition coefficient (Wildman–Crippen LogP) is 2.65. The van der Waals surface area contributed by atoms with Crippen LogP contribution in [0.15, 0.2) is 48.5 Å². The third-order valence-electron chi connectivity index (χ3n) is 3.80. The molecule has 0 aromatic heterocycles. The lowest BCUT2D eigenvalue weighted by Gasteiger charge is -2.12.